The number of carbonyl (C=O) groups is 1. The third-order valence-electron chi connectivity index (χ3n) is 2.70. The Balaban J connectivity index is 2.68. The average Bonchev–Trinajstić information content (AvgIpc) is 2.77. The van der Waals surface area contributed by atoms with Crippen molar-refractivity contribution in [1.82, 2.24) is 9.88 Å². The molecule has 0 spiro atoms. The van der Waals surface area contributed by atoms with Gasteiger partial charge in [0.1, 0.15) is 0 Å². The van der Waals surface area contributed by atoms with E-state index in [9.17, 15) is 4.79 Å². The van der Waals surface area contributed by atoms with Crippen molar-refractivity contribution in [2.45, 2.75) is 46.1 Å². The zero-order valence-electron chi connectivity index (χ0n) is 12.5. The van der Waals surface area contributed by atoms with Crippen molar-refractivity contribution in [3.63, 3.8) is 0 Å². The van der Waals surface area contributed by atoms with E-state index in [1.165, 1.54) is 7.11 Å². The monoisotopic (exact) mass is 284 g/mol. The minimum atomic E-state index is -0.195. The summed E-state index contributed by atoms with van der Waals surface area (Å²) in [7, 11) is 1.42. The van der Waals surface area contributed by atoms with Gasteiger partial charge >= 0.3 is 5.97 Å². The third kappa shape index (κ3) is 5.28. The first kappa shape index (κ1) is 16.1. The van der Waals surface area contributed by atoms with E-state index in [1.54, 1.807) is 11.3 Å². The van der Waals surface area contributed by atoms with Crippen LogP contribution in [0, 0.1) is 0 Å². The second-order valence-electron chi connectivity index (χ2n) is 5.68. The lowest BCUT2D eigenvalue weighted by molar-refractivity contribution is -0.142. The third-order valence-corrected chi connectivity index (χ3v) is 4.02. The fourth-order valence-corrected chi connectivity index (χ4v) is 2.63. The second-order valence-corrected chi connectivity index (χ2v) is 6.54. The predicted molar refractivity (Wildman–Crippen MR) is 78.4 cm³/mol. The summed E-state index contributed by atoms with van der Waals surface area (Å²) in [6.07, 6.45) is 1.01. The van der Waals surface area contributed by atoms with Crippen molar-refractivity contribution >= 4 is 17.3 Å². The smallest absolute Gasteiger partial charge is 0.319 e. The van der Waals surface area contributed by atoms with Gasteiger partial charge in [-0.05, 0) is 13.0 Å². The van der Waals surface area contributed by atoms with Gasteiger partial charge in [0, 0.05) is 17.3 Å². The first-order chi connectivity index (χ1) is 8.86. The van der Waals surface area contributed by atoms with E-state index in [0.29, 0.717) is 13.1 Å². The van der Waals surface area contributed by atoms with Crippen LogP contribution in [0.4, 0.5) is 0 Å². The van der Waals surface area contributed by atoms with Gasteiger partial charge in [-0.3, -0.25) is 9.69 Å². The SMILES string of the molecule is CCCN(CC(=O)OC)Cc1csc(C(C)(C)C)n1. The van der Waals surface area contributed by atoms with Gasteiger partial charge in [0.15, 0.2) is 0 Å². The Bertz CT molecular complexity index is 410. The molecule has 19 heavy (non-hydrogen) atoms. The molecule has 0 aromatic carbocycles. The second kappa shape index (κ2) is 7.01. The van der Waals surface area contributed by atoms with E-state index in [-0.39, 0.29) is 11.4 Å². The number of esters is 1. The molecular formula is C14H24N2O2S. The molecule has 1 rings (SSSR count). The molecule has 1 aromatic heterocycles. The summed E-state index contributed by atoms with van der Waals surface area (Å²) < 4.78 is 4.73. The summed E-state index contributed by atoms with van der Waals surface area (Å²) >= 11 is 1.69. The summed E-state index contributed by atoms with van der Waals surface area (Å²) in [5, 5.41) is 3.22. The van der Waals surface area contributed by atoms with Crippen molar-refractivity contribution in [2.24, 2.45) is 0 Å². The lowest BCUT2D eigenvalue weighted by atomic mass is 9.98. The fraction of sp³-hybridized carbons (Fsp3) is 0.714. The van der Waals surface area contributed by atoms with E-state index >= 15 is 0 Å². The van der Waals surface area contributed by atoms with E-state index < -0.39 is 0 Å². The van der Waals surface area contributed by atoms with Gasteiger partial charge in [-0.2, -0.15) is 0 Å². The molecule has 0 radical (unpaired) electrons. The number of methoxy groups -OCH3 is 1. The van der Waals surface area contributed by atoms with Crippen molar-refractivity contribution in [3.05, 3.63) is 16.1 Å². The molecule has 0 atom stereocenters. The maximum Gasteiger partial charge on any atom is 0.319 e. The molecule has 0 saturated carbocycles. The largest absolute Gasteiger partial charge is 0.468 e. The van der Waals surface area contributed by atoms with Gasteiger partial charge in [0.05, 0.1) is 24.4 Å². The first-order valence-electron chi connectivity index (χ1n) is 6.61. The molecule has 0 N–H and O–H groups in total. The Morgan fingerprint density at radius 3 is 2.63 bits per heavy atom. The predicted octanol–water partition coefficient (Wildman–Crippen LogP) is 2.83. The maximum atomic E-state index is 11.4. The quantitative estimate of drug-likeness (QED) is 0.753. The van der Waals surface area contributed by atoms with Crippen LogP contribution in [0.15, 0.2) is 5.38 Å². The van der Waals surface area contributed by atoms with E-state index in [2.05, 4.69) is 43.0 Å². The molecule has 1 heterocycles. The van der Waals surface area contributed by atoms with Crippen LogP contribution in [0.25, 0.3) is 0 Å². The van der Waals surface area contributed by atoms with Gasteiger partial charge in [0.2, 0.25) is 0 Å². The molecule has 0 amide bonds. The van der Waals surface area contributed by atoms with E-state index in [4.69, 9.17) is 4.74 Å². The fourth-order valence-electron chi connectivity index (χ4n) is 1.73. The zero-order chi connectivity index (χ0) is 14.5. The Morgan fingerprint density at radius 1 is 1.47 bits per heavy atom. The maximum absolute atomic E-state index is 11.4. The van der Waals surface area contributed by atoms with Gasteiger partial charge in [-0.25, -0.2) is 4.98 Å². The van der Waals surface area contributed by atoms with E-state index in [0.717, 1.165) is 23.7 Å². The molecule has 0 fully saturated rings. The standard InChI is InChI=1S/C14H24N2O2S/c1-6-7-16(9-12(17)18-5)8-11-10-19-13(15-11)14(2,3)4/h10H,6-9H2,1-5H3. The van der Waals surface area contributed by atoms with Crippen LogP contribution in [0.3, 0.4) is 0 Å². The van der Waals surface area contributed by atoms with Gasteiger partial charge in [-0.15, -0.1) is 11.3 Å². The van der Waals surface area contributed by atoms with Crippen LogP contribution >= 0.6 is 11.3 Å². The topological polar surface area (TPSA) is 42.4 Å². The zero-order valence-corrected chi connectivity index (χ0v) is 13.3. The molecule has 0 aliphatic heterocycles. The van der Waals surface area contributed by atoms with Crippen molar-refractivity contribution in [3.8, 4) is 0 Å². The minimum absolute atomic E-state index is 0.0842. The molecule has 0 aliphatic carbocycles. The number of hydrogen-bond acceptors (Lipinski definition) is 5. The molecule has 0 aliphatic rings. The van der Waals surface area contributed by atoms with Gasteiger partial charge < -0.3 is 4.74 Å². The van der Waals surface area contributed by atoms with Crippen LogP contribution in [0.2, 0.25) is 0 Å². The van der Waals surface area contributed by atoms with Crippen LogP contribution in [0.5, 0.6) is 0 Å². The summed E-state index contributed by atoms with van der Waals surface area (Å²) in [4.78, 5) is 18.1. The lowest BCUT2D eigenvalue weighted by Gasteiger charge is -2.19. The molecule has 4 nitrogen and oxygen atoms in total. The number of thiazole rings is 1. The Hall–Kier alpha value is -0.940. The Morgan fingerprint density at radius 2 is 2.16 bits per heavy atom. The number of rotatable bonds is 6. The summed E-state index contributed by atoms with van der Waals surface area (Å²) in [6, 6.07) is 0. The highest BCUT2D eigenvalue weighted by atomic mass is 32.1. The Labute approximate surface area is 119 Å². The Kier molecular flexibility index (Phi) is 5.94. The number of carbonyl (C=O) groups excluding carboxylic acids is 1. The normalized spacial score (nSPS) is 11.9. The molecule has 5 heteroatoms. The summed E-state index contributed by atoms with van der Waals surface area (Å²) in [5.41, 5.74) is 1.12. The summed E-state index contributed by atoms with van der Waals surface area (Å²) in [5.74, 6) is -0.195. The highest BCUT2D eigenvalue weighted by molar-refractivity contribution is 7.09. The van der Waals surface area contributed by atoms with Crippen LogP contribution in [-0.4, -0.2) is 36.1 Å². The highest BCUT2D eigenvalue weighted by Gasteiger charge is 2.19. The molecule has 0 bridgehead atoms. The lowest BCUT2D eigenvalue weighted by Crippen LogP contribution is -2.31. The van der Waals surface area contributed by atoms with Crippen molar-refractivity contribution in [1.29, 1.82) is 0 Å². The van der Waals surface area contributed by atoms with Crippen molar-refractivity contribution in [2.75, 3.05) is 20.2 Å². The number of nitrogens with zero attached hydrogens (tertiary/aromatic N) is 2. The van der Waals surface area contributed by atoms with Crippen molar-refractivity contribution < 1.29 is 9.53 Å². The highest BCUT2D eigenvalue weighted by Crippen LogP contribution is 2.25. The molecule has 0 unspecified atom stereocenters. The van der Waals surface area contributed by atoms with E-state index in [1.807, 2.05) is 0 Å². The molecular weight excluding hydrogens is 260 g/mol. The number of ether oxygens (including phenoxy) is 1. The number of hydrogen-bond donors (Lipinski definition) is 0. The van der Waals surface area contributed by atoms with Gasteiger partial charge in [-0.1, -0.05) is 27.7 Å². The molecule has 1 aromatic rings. The molecule has 0 saturated heterocycles. The number of aromatic nitrogens is 1. The van der Waals surface area contributed by atoms with Crippen LogP contribution < -0.4 is 0 Å². The minimum Gasteiger partial charge on any atom is -0.468 e. The van der Waals surface area contributed by atoms with Gasteiger partial charge in [0.25, 0.3) is 0 Å². The molecule has 108 valence electrons. The van der Waals surface area contributed by atoms with Crippen LogP contribution in [-0.2, 0) is 21.5 Å². The first-order valence-corrected chi connectivity index (χ1v) is 7.48. The van der Waals surface area contributed by atoms with Crippen LogP contribution in [0.1, 0.15) is 44.8 Å². The summed E-state index contributed by atoms with van der Waals surface area (Å²) in [6.45, 7) is 10.5. The average molecular weight is 284 g/mol.